The average molecular weight is 491 g/mol. The predicted octanol–water partition coefficient (Wildman–Crippen LogP) is 3.60. The molecule has 2 atom stereocenters. The van der Waals surface area contributed by atoms with Crippen molar-refractivity contribution >= 4 is 45.2 Å². The first kappa shape index (κ1) is 23.4. The summed E-state index contributed by atoms with van der Waals surface area (Å²) in [6.07, 6.45) is 1.65. The van der Waals surface area contributed by atoms with E-state index in [0.29, 0.717) is 47.4 Å². The molecule has 2 aliphatic rings. The fourth-order valence-electron chi connectivity index (χ4n) is 4.11. The third kappa shape index (κ3) is 4.80. The molecule has 1 N–H and O–H groups in total. The van der Waals surface area contributed by atoms with Gasteiger partial charge in [0.2, 0.25) is 15.7 Å². The molecular weight excluding hydrogens is 466 g/mol. The van der Waals surface area contributed by atoms with Gasteiger partial charge in [0.1, 0.15) is 11.5 Å². The summed E-state index contributed by atoms with van der Waals surface area (Å²) in [4.78, 5) is 11.5. The van der Waals surface area contributed by atoms with Crippen molar-refractivity contribution in [2.75, 3.05) is 19.7 Å². The lowest BCUT2D eigenvalue weighted by Gasteiger charge is -2.16. The molecule has 2 aliphatic heterocycles. The molecule has 33 heavy (non-hydrogen) atoms. The topological polar surface area (TPSA) is 99.3 Å². The highest BCUT2D eigenvalue weighted by Crippen LogP contribution is 2.33. The van der Waals surface area contributed by atoms with Crippen molar-refractivity contribution in [3.8, 4) is 5.75 Å². The fourth-order valence-corrected chi connectivity index (χ4v) is 5.85. The van der Waals surface area contributed by atoms with Gasteiger partial charge in [0.25, 0.3) is 0 Å². The van der Waals surface area contributed by atoms with Crippen LogP contribution < -0.4 is 4.74 Å². The second-order valence-electron chi connectivity index (χ2n) is 8.14. The number of sulfonamides is 1. The summed E-state index contributed by atoms with van der Waals surface area (Å²) in [6.45, 7) is 5.04. The maximum atomic E-state index is 13.2. The second-order valence-corrected chi connectivity index (χ2v) is 10.5. The predicted molar refractivity (Wildman–Crippen MR) is 125 cm³/mol. The van der Waals surface area contributed by atoms with Crippen molar-refractivity contribution < 1.29 is 27.7 Å². The lowest BCUT2D eigenvalue weighted by atomic mass is 9.99. The van der Waals surface area contributed by atoms with Crippen LogP contribution in [0, 0.1) is 11.8 Å². The highest BCUT2D eigenvalue weighted by atomic mass is 35.5. The number of fused-ring (bicyclic) bond motifs is 1. The van der Waals surface area contributed by atoms with Gasteiger partial charge in [-0.1, -0.05) is 23.2 Å². The molecule has 0 amide bonds. The second kappa shape index (κ2) is 9.24. The number of hydrogen-bond acceptors (Lipinski definition) is 5. The summed E-state index contributed by atoms with van der Waals surface area (Å²) in [7, 11) is -3.66. The highest BCUT2D eigenvalue weighted by Gasteiger charge is 2.40. The Morgan fingerprint density at radius 3 is 2.67 bits per heavy atom. The molecule has 2 aromatic carbocycles. The van der Waals surface area contributed by atoms with Crippen LogP contribution in [0.4, 0.5) is 5.69 Å². The normalized spacial score (nSPS) is 21.8. The third-order valence-electron chi connectivity index (χ3n) is 5.81. The van der Waals surface area contributed by atoms with Crippen LogP contribution >= 0.6 is 11.6 Å². The molecule has 0 aromatic heterocycles. The quantitative estimate of drug-likeness (QED) is 0.598. The van der Waals surface area contributed by atoms with Gasteiger partial charge < -0.3 is 9.84 Å². The number of hydrazone groups is 1. The smallest absolute Gasteiger partial charge is 0.309 e. The lowest BCUT2D eigenvalue weighted by molar-refractivity contribution is -0.438. The van der Waals surface area contributed by atoms with E-state index in [-0.39, 0.29) is 23.2 Å². The van der Waals surface area contributed by atoms with Gasteiger partial charge in [-0.3, -0.25) is 4.79 Å². The molecule has 2 heterocycles. The maximum absolute atomic E-state index is 13.2. The molecule has 0 bridgehead atoms. The zero-order valence-corrected chi connectivity index (χ0v) is 19.9. The van der Waals surface area contributed by atoms with Gasteiger partial charge in [0.15, 0.2) is 6.21 Å². The van der Waals surface area contributed by atoms with Crippen molar-refractivity contribution in [1.82, 2.24) is 4.31 Å². The standard InChI is InChI=1S/C23H24ClN3O5S/c1-3-32-18-5-7-19(8-6-18)33(30,31)26-12-15(2)16(13-26)14-27-22-10-17(24)4-9-20(22)21(25-27)11-23(28)29/h4-10,14-16H,3,11-13H2,1-2H3/p+1/b27-14+/t15-,16?/m1/s1. The SMILES string of the molecule is CCOc1ccc(S(=O)(=O)N2CC(/C=[N+]3/N=C(CC(=O)O)c4ccc(Cl)cc43)[C@H](C)C2)cc1. The largest absolute Gasteiger partial charge is 0.494 e. The van der Waals surface area contributed by atoms with E-state index in [0.717, 1.165) is 0 Å². The van der Waals surface area contributed by atoms with E-state index in [1.807, 2.05) is 20.1 Å². The number of carboxylic acids is 1. The molecule has 1 fully saturated rings. The summed E-state index contributed by atoms with van der Waals surface area (Å²) in [5.41, 5.74) is 1.84. The van der Waals surface area contributed by atoms with Crippen LogP contribution in [-0.2, 0) is 14.8 Å². The molecule has 8 nitrogen and oxygen atoms in total. The molecule has 4 rings (SSSR count). The Balaban J connectivity index is 1.59. The minimum absolute atomic E-state index is 0.0452. The van der Waals surface area contributed by atoms with E-state index in [1.54, 1.807) is 47.1 Å². The zero-order valence-electron chi connectivity index (χ0n) is 18.3. The first-order chi connectivity index (χ1) is 15.7. The lowest BCUT2D eigenvalue weighted by Crippen LogP contribution is -2.29. The first-order valence-electron chi connectivity index (χ1n) is 10.7. The average Bonchev–Trinajstić information content (AvgIpc) is 3.29. The Kier molecular flexibility index (Phi) is 6.56. The van der Waals surface area contributed by atoms with E-state index >= 15 is 0 Å². The number of ether oxygens (including phenoxy) is 1. The van der Waals surface area contributed by atoms with Gasteiger partial charge in [-0.2, -0.15) is 4.31 Å². The van der Waals surface area contributed by atoms with Crippen LogP contribution in [-0.4, -0.2) is 60.1 Å². The van der Waals surface area contributed by atoms with E-state index in [2.05, 4.69) is 5.10 Å². The first-order valence-corrected chi connectivity index (χ1v) is 12.5. The summed E-state index contributed by atoms with van der Waals surface area (Å²) >= 11 is 6.16. The maximum Gasteiger partial charge on any atom is 0.309 e. The number of nitrogens with zero attached hydrogens (tertiary/aromatic N) is 3. The van der Waals surface area contributed by atoms with Gasteiger partial charge in [-0.15, -0.1) is 0 Å². The van der Waals surface area contributed by atoms with Gasteiger partial charge in [0, 0.05) is 29.3 Å². The van der Waals surface area contributed by atoms with E-state index < -0.39 is 16.0 Å². The Hall–Kier alpha value is -2.75. The number of aliphatic carboxylic acids is 1. The van der Waals surface area contributed by atoms with Crippen LogP contribution in [0.1, 0.15) is 25.8 Å². The van der Waals surface area contributed by atoms with Crippen LogP contribution in [0.5, 0.6) is 5.75 Å². The molecule has 0 aliphatic carbocycles. The highest BCUT2D eigenvalue weighted by molar-refractivity contribution is 7.89. The van der Waals surface area contributed by atoms with Crippen LogP contribution in [0.15, 0.2) is 52.5 Å². The Morgan fingerprint density at radius 1 is 1.27 bits per heavy atom. The molecule has 0 radical (unpaired) electrons. The minimum Gasteiger partial charge on any atom is -0.494 e. The molecule has 1 saturated heterocycles. The number of rotatable bonds is 7. The van der Waals surface area contributed by atoms with E-state index in [9.17, 15) is 18.3 Å². The molecule has 10 heteroatoms. The Labute approximate surface area is 197 Å². The van der Waals surface area contributed by atoms with Crippen LogP contribution in [0.3, 0.4) is 0 Å². The number of hydrogen-bond donors (Lipinski definition) is 1. The summed E-state index contributed by atoms with van der Waals surface area (Å²) in [5, 5.41) is 14.2. The van der Waals surface area contributed by atoms with Crippen LogP contribution in [0.25, 0.3) is 0 Å². The van der Waals surface area contributed by atoms with E-state index in [1.165, 1.54) is 4.31 Å². The number of halogens is 1. The summed E-state index contributed by atoms with van der Waals surface area (Å²) < 4.78 is 34.9. The number of carboxylic acid groups (broad SMARTS) is 1. The third-order valence-corrected chi connectivity index (χ3v) is 7.89. The van der Waals surface area contributed by atoms with Crippen molar-refractivity contribution in [2.45, 2.75) is 25.2 Å². The Morgan fingerprint density at radius 2 is 2.00 bits per heavy atom. The monoisotopic (exact) mass is 490 g/mol. The number of benzene rings is 2. The van der Waals surface area contributed by atoms with E-state index in [4.69, 9.17) is 16.3 Å². The molecular formula is C23H25ClN3O5S+. The van der Waals surface area contributed by atoms with Crippen molar-refractivity contribution in [3.05, 3.63) is 53.1 Å². The van der Waals surface area contributed by atoms with Crippen molar-refractivity contribution in [1.29, 1.82) is 0 Å². The molecule has 1 unspecified atom stereocenters. The number of carbonyl (C=O) groups is 1. The van der Waals surface area contributed by atoms with Crippen molar-refractivity contribution in [2.24, 2.45) is 16.9 Å². The van der Waals surface area contributed by atoms with Gasteiger partial charge in [-0.05, 0) is 49.2 Å². The van der Waals surface area contributed by atoms with Gasteiger partial charge in [-0.25, -0.2) is 8.42 Å². The molecule has 2 aromatic rings. The minimum atomic E-state index is -3.66. The Bertz CT molecular complexity index is 1240. The molecule has 0 saturated carbocycles. The van der Waals surface area contributed by atoms with Crippen LogP contribution in [0.2, 0.25) is 5.02 Å². The van der Waals surface area contributed by atoms with Crippen molar-refractivity contribution in [3.63, 3.8) is 0 Å². The fraction of sp³-hybridized carbons (Fsp3) is 0.348. The molecule has 0 spiro atoms. The molecule has 174 valence electrons. The van der Waals surface area contributed by atoms with Gasteiger partial charge in [0.05, 0.1) is 29.4 Å². The summed E-state index contributed by atoms with van der Waals surface area (Å²) in [6, 6.07) is 11.6. The van der Waals surface area contributed by atoms with Gasteiger partial charge >= 0.3 is 5.97 Å². The zero-order chi connectivity index (χ0) is 23.8. The summed E-state index contributed by atoms with van der Waals surface area (Å²) in [5.74, 6) is -0.414.